The maximum atomic E-state index is 12.1. The number of rotatable bonds is 2. The highest BCUT2D eigenvalue weighted by Gasteiger charge is 2.32. The fourth-order valence-corrected chi connectivity index (χ4v) is 2.53. The molecular weight excluding hydrogens is 192 g/mol. The first-order valence-corrected chi connectivity index (χ1v) is 5.88. The van der Waals surface area contributed by atoms with Crippen LogP contribution in [0.5, 0.6) is 0 Å². The van der Waals surface area contributed by atoms with Crippen LogP contribution in [-0.4, -0.2) is 49.7 Å². The second kappa shape index (κ2) is 4.94. The Morgan fingerprint density at radius 3 is 2.73 bits per heavy atom. The molecular formula is C11H20N2O2. The van der Waals surface area contributed by atoms with Crippen molar-refractivity contribution in [2.75, 3.05) is 26.8 Å². The van der Waals surface area contributed by atoms with Gasteiger partial charge in [0.15, 0.2) is 0 Å². The summed E-state index contributed by atoms with van der Waals surface area (Å²) in [4.78, 5) is 14.1. The fourth-order valence-electron chi connectivity index (χ4n) is 2.53. The lowest BCUT2D eigenvalue weighted by atomic mass is 9.99. The van der Waals surface area contributed by atoms with E-state index in [4.69, 9.17) is 4.74 Å². The van der Waals surface area contributed by atoms with Gasteiger partial charge < -0.3 is 15.0 Å². The second-order valence-electron chi connectivity index (χ2n) is 4.36. The molecule has 0 aromatic carbocycles. The fraction of sp³-hybridized carbons (Fsp3) is 0.909. The number of likely N-dealkylation sites (N-methyl/N-ethyl adjacent to an activating group) is 1. The molecule has 2 aliphatic heterocycles. The average molecular weight is 212 g/mol. The minimum absolute atomic E-state index is 0.0431. The van der Waals surface area contributed by atoms with Crippen LogP contribution in [0.25, 0.3) is 0 Å². The summed E-state index contributed by atoms with van der Waals surface area (Å²) in [5, 5.41) is 3.10. The molecule has 1 amide bonds. The van der Waals surface area contributed by atoms with E-state index in [0.29, 0.717) is 6.04 Å². The van der Waals surface area contributed by atoms with Gasteiger partial charge >= 0.3 is 0 Å². The van der Waals surface area contributed by atoms with Gasteiger partial charge in [-0.1, -0.05) is 0 Å². The van der Waals surface area contributed by atoms with Crippen molar-refractivity contribution in [3.63, 3.8) is 0 Å². The molecule has 0 spiro atoms. The molecule has 2 saturated heterocycles. The Hall–Kier alpha value is -0.610. The second-order valence-corrected chi connectivity index (χ2v) is 4.36. The van der Waals surface area contributed by atoms with Gasteiger partial charge in [0.1, 0.15) is 0 Å². The highest BCUT2D eigenvalue weighted by molar-refractivity contribution is 5.82. The lowest BCUT2D eigenvalue weighted by Gasteiger charge is -2.39. The lowest BCUT2D eigenvalue weighted by molar-refractivity contribution is -0.140. The minimum Gasteiger partial charge on any atom is -0.381 e. The molecule has 0 aromatic rings. The maximum Gasteiger partial charge on any atom is 0.239 e. The molecule has 4 heteroatoms. The van der Waals surface area contributed by atoms with Crippen molar-refractivity contribution in [1.29, 1.82) is 0 Å². The van der Waals surface area contributed by atoms with E-state index in [1.807, 2.05) is 7.05 Å². The Kier molecular flexibility index (Phi) is 3.59. The number of nitrogens with zero attached hydrogens (tertiary/aromatic N) is 1. The van der Waals surface area contributed by atoms with E-state index < -0.39 is 0 Å². The topological polar surface area (TPSA) is 41.6 Å². The van der Waals surface area contributed by atoms with E-state index in [9.17, 15) is 4.79 Å². The normalized spacial score (nSPS) is 29.5. The highest BCUT2D eigenvalue weighted by Crippen LogP contribution is 2.20. The first-order chi connectivity index (χ1) is 7.33. The molecule has 1 N–H and O–H groups in total. The third-order valence-corrected chi connectivity index (χ3v) is 3.45. The molecule has 0 saturated carbocycles. The van der Waals surface area contributed by atoms with Crippen LogP contribution in [0.2, 0.25) is 0 Å². The maximum absolute atomic E-state index is 12.1. The highest BCUT2D eigenvalue weighted by atomic mass is 16.5. The van der Waals surface area contributed by atoms with Crippen LogP contribution < -0.4 is 5.32 Å². The van der Waals surface area contributed by atoms with Gasteiger partial charge in [0.25, 0.3) is 0 Å². The summed E-state index contributed by atoms with van der Waals surface area (Å²) in [6.07, 6.45) is 4.11. The molecule has 86 valence electrons. The molecule has 2 heterocycles. The molecule has 4 nitrogen and oxygen atoms in total. The molecule has 1 unspecified atom stereocenters. The molecule has 2 aliphatic rings. The van der Waals surface area contributed by atoms with Gasteiger partial charge in [-0.25, -0.2) is 0 Å². The van der Waals surface area contributed by atoms with Crippen molar-refractivity contribution in [3.8, 4) is 0 Å². The van der Waals surface area contributed by atoms with Crippen molar-refractivity contribution in [2.45, 2.75) is 37.8 Å². The van der Waals surface area contributed by atoms with Crippen molar-refractivity contribution < 1.29 is 9.53 Å². The average Bonchev–Trinajstić information content (AvgIpc) is 2.30. The monoisotopic (exact) mass is 212 g/mol. The van der Waals surface area contributed by atoms with Crippen molar-refractivity contribution in [3.05, 3.63) is 0 Å². The number of carbonyl (C=O) groups is 1. The third kappa shape index (κ3) is 2.32. The van der Waals surface area contributed by atoms with E-state index in [2.05, 4.69) is 10.2 Å². The number of ether oxygens (including phenoxy) is 1. The van der Waals surface area contributed by atoms with Gasteiger partial charge in [0, 0.05) is 25.8 Å². The van der Waals surface area contributed by atoms with Crippen molar-refractivity contribution in [2.24, 2.45) is 0 Å². The summed E-state index contributed by atoms with van der Waals surface area (Å²) in [5.41, 5.74) is 0. The zero-order valence-corrected chi connectivity index (χ0v) is 9.37. The first kappa shape index (κ1) is 10.9. The predicted octanol–water partition coefficient (Wildman–Crippen LogP) is 0.376. The van der Waals surface area contributed by atoms with E-state index in [1.165, 1.54) is 0 Å². The zero-order valence-electron chi connectivity index (χ0n) is 9.37. The summed E-state index contributed by atoms with van der Waals surface area (Å²) < 4.78 is 5.33. The van der Waals surface area contributed by atoms with Gasteiger partial charge in [-0.05, 0) is 32.7 Å². The molecule has 0 aliphatic carbocycles. The molecule has 2 fully saturated rings. The SMILES string of the molecule is CNC1CCCN(C2CCOCC2)C1=O. The summed E-state index contributed by atoms with van der Waals surface area (Å²) in [6.45, 7) is 2.54. The number of carbonyl (C=O) groups excluding carboxylic acids is 1. The third-order valence-electron chi connectivity index (χ3n) is 3.45. The van der Waals surface area contributed by atoms with E-state index in [0.717, 1.165) is 45.4 Å². The molecule has 0 radical (unpaired) electrons. The first-order valence-electron chi connectivity index (χ1n) is 5.88. The van der Waals surface area contributed by atoms with Gasteiger partial charge in [-0.2, -0.15) is 0 Å². The standard InChI is InChI=1S/C11H20N2O2/c1-12-10-3-2-6-13(11(10)14)9-4-7-15-8-5-9/h9-10,12H,2-8H2,1H3. The summed E-state index contributed by atoms with van der Waals surface area (Å²) in [6, 6.07) is 0.462. The van der Waals surface area contributed by atoms with Crippen molar-refractivity contribution >= 4 is 5.91 Å². The Bertz CT molecular complexity index is 227. The number of hydrogen-bond acceptors (Lipinski definition) is 3. The van der Waals surface area contributed by atoms with Gasteiger partial charge in [-0.3, -0.25) is 4.79 Å². The summed E-state index contributed by atoms with van der Waals surface area (Å²) in [5.74, 6) is 0.288. The lowest BCUT2D eigenvalue weighted by Crippen LogP contribution is -2.54. The van der Waals surface area contributed by atoms with Crippen LogP contribution in [0.15, 0.2) is 0 Å². The molecule has 0 bridgehead atoms. The van der Waals surface area contributed by atoms with Crippen LogP contribution in [0, 0.1) is 0 Å². The minimum atomic E-state index is 0.0431. The van der Waals surface area contributed by atoms with Crippen LogP contribution in [-0.2, 0) is 9.53 Å². The largest absolute Gasteiger partial charge is 0.381 e. The number of amides is 1. The molecule has 15 heavy (non-hydrogen) atoms. The Morgan fingerprint density at radius 2 is 2.07 bits per heavy atom. The van der Waals surface area contributed by atoms with Crippen LogP contribution in [0.4, 0.5) is 0 Å². The number of hydrogen-bond donors (Lipinski definition) is 1. The van der Waals surface area contributed by atoms with Crippen LogP contribution in [0.3, 0.4) is 0 Å². The van der Waals surface area contributed by atoms with Crippen LogP contribution >= 0.6 is 0 Å². The molecule has 0 aromatic heterocycles. The number of likely N-dealkylation sites (tertiary alicyclic amines) is 1. The Morgan fingerprint density at radius 1 is 1.33 bits per heavy atom. The number of piperidine rings is 1. The Labute approximate surface area is 91.0 Å². The van der Waals surface area contributed by atoms with E-state index in [-0.39, 0.29) is 11.9 Å². The zero-order chi connectivity index (χ0) is 10.7. The van der Waals surface area contributed by atoms with E-state index >= 15 is 0 Å². The van der Waals surface area contributed by atoms with E-state index in [1.54, 1.807) is 0 Å². The number of nitrogens with one attached hydrogen (secondary N) is 1. The Balaban J connectivity index is 1.97. The van der Waals surface area contributed by atoms with Crippen molar-refractivity contribution in [1.82, 2.24) is 10.2 Å². The summed E-state index contributed by atoms with van der Waals surface area (Å²) >= 11 is 0. The van der Waals surface area contributed by atoms with Gasteiger partial charge in [-0.15, -0.1) is 0 Å². The molecule has 1 atom stereocenters. The predicted molar refractivity (Wildman–Crippen MR) is 57.6 cm³/mol. The quantitative estimate of drug-likeness (QED) is 0.719. The smallest absolute Gasteiger partial charge is 0.239 e. The van der Waals surface area contributed by atoms with Gasteiger partial charge in [0.2, 0.25) is 5.91 Å². The molecule has 2 rings (SSSR count). The van der Waals surface area contributed by atoms with Crippen LogP contribution in [0.1, 0.15) is 25.7 Å². The summed E-state index contributed by atoms with van der Waals surface area (Å²) in [7, 11) is 1.87. The van der Waals surface area contributed by atoms with Gasteiger partial charge in [0.05, 0.1) is 6.04 Å².